The summed E-state index contributed by atoms with van der Waals surface area (Å²) < 4.78 is 43.7. The van der Waals surface area contributed by atoms with Crippen LogP contribution in [0.5, 0.6) is 11.5 Å². The number of allylic oxidation sites excluding steroid dienone is 2. The van der Waals surface area contributed by atoms with Crippen LogP contribution < -0.4 is 16.2 Å². The van der Waals surface area contributed by atoms with Crippen LogP contribution in [0.25, 0.3) is 6.08 Å². The highest BCUT2D eigenvalue weighted by Crippen LogP contribution is 2.52. The summed E-state index contributed by atoms with van der Waals surface area (Å²) >= 11 is 0. The molecule has 3 aromatic rings. The summed E-state index contributed by atoms with van der Waals surface area (Å²) in [5.41, 5.74) is 16.3. The number of guanidine groups is 1. The number of nitrogens with zero attached hydrogens (tertiary/aromatic N) is 1. The Labute approximate surface area is 257 Å². The zero-order chi connectivity index (χ0) is 31.2. The first kappa shape index (κ1) is 29.9. The van der Waals surface area contributed by atoms with Crippen molar-refractivity contribution in [2.24, 2.45) is 28.3 Å². The molecule has 9 rings (SSSR count). The lowest BCUT2D eigenvalue weighted by Gasteiger charge is -2.43. The van der Waals surface area contributed by atoms with Gasteiger partial charge < -0.3 is 26.4 Å². The fourth-order valence-corrected chi connectivity index (χ4v) is 8.23. The molecule has 2 aliphatic carbocycles. The summed E-state index contributed by atoms with van der Waals surface area (Å²) in [5, 5.41) is 20.1. The number of aliphatic hydroxyl groups excluding tert-OH is 1. The zero-order valence-electron chi connectivity index (χ0n) is 24.3. The van der Waals surface area contributed by atoms with Crippen molar-refractivity contribution in [1.82, 2.24) is 0 Å². The topological polar surface area (TPSA) is 168 Å². The van der Waals surface area contributed by atoms with Crippen LogP contribution >= 0.6 is 0 Å². The summed E-state index contributed by atoms with van der Waals surface area (Å²) in [7, 11) is -4.53. The fourth-order valence-electron chi connectivity index (χ4n) is 7.11. The van der Waals surface area contributed by atoms with Gasteiger partial charge in [0, 0.05) is 11.5 Å². The third-order valence-corrected chi connectivity index (χ3v) is 10.6. The van der Waals surface area contributed by atoms with Crippen molar-refractivity contribution in [3.05, 3.63) is 112 Å². The molecule has 3 aromatic carbocycles. The molecule has 0 unspecified atom stereocenters. The number of aromatic hydroxyl groups is 1. The van der Waals surface area contributed by atoms with Crippen molar-refractivity contribution < 1.29 is 27.9 Å². The van der Waals surface area contributed by atoms with E-state index >= 15 is 0 Å². The van der Waals surface area contributed by atoms with E-state index < -0.39 is 33.6 Å². The van der Waals surface area contributed by atoms with Gasteiger partial charge in [0.1, 0.15) is 17.6 Å². The van der Waals surface area contributed by atoms with Gasteiger partial charge in [0.25, 0.3) is 10.1 Å². The lowest BCUT2D eigenvalue weighted by Crippen LogP contribution is -2.39. The third-order valence-electron chi connectivity index (χ3n) is 9.28. The SMILES string of the molecule is CC[C@@H]1C[C@@H](S(=O)(=O)O)[C@@H]2C=C([C@@H](O)c3ccc(O)cc3)C[C@H]3C=Cc4cc(ccc4[C@@H]23)[C@@H](N=C(N)N)Oc2ccc1cc2. The summed E-state index contributed by atoms with van der Waals surface area (Å²) in [4.78, 5) is 4.34. The second-order valence-corrected chi connectivity index (χ2v) is 13.6. The van der Waals surface area contributed by atoms with E-state index in [-0.39, 0.29) is 35.9 Å². The van der Waals surface area contributed by atoms with Crippen molar-refractivity contribution in [2.45, 2.75) is 55.6 Å². The molecule has 7 N–H and O–H groups in total. The van der Waals surface area contributed by atoms with Gasteiger partial charge in [0.2, 0.25) is 6.23 Å². The van der Waals surface area contributed by atoms with Crippen molar-refractivity contribution in [3.63, 3.8) is 0 Å². The highest BCUT2D eigenvalue weighted by Gasteiger charge is 2.45. The number of hydrogen-bond acceptors (Lipinski definition) is 6. The van der Waals surface area contributed by atoms with Crippen molar-refractivity contribution in [1.29, 1.82) is 0 Å². The van der Waals surface area contributed by atoms with Gasteiger partial charge in [-0.15, -0.1) is 0 Å². The molecular weight excluding hydrogens is 578 g/mol. The number of nitrogens with two attached hydrogens (primary N) is 2. The van der Waals surface area contributed by atoms with Crippen LogP contribution in [0.2, 0.25) is 0 Å². The van der Waals surface area contributed by atoms with Crippen molar-refractivity contribution >= 4 is 22.2 Å². The molecule has 0 amide bonds. The minimum absolute atomic E-state index is 0.0872. The van der Waals surface area contributed by atoms with E-state index in [1.165, 1.54) is 12.1 Å². The quantitative estimate of drug-likeness (QED) is 0.111. The van der Waals surface area contributed by atoms with Gasteiger partial charge in [-0.3, -0.25) is 4.55 Å². The standard InChI is InChI=1S/C34H37N3O6S/c1-2-19-18-30(44(40,41)42)29-17-25(32(39)21-5-10-26(38)11-6-21)16-23-4-3-22-15-24(9-14-28(22)31(23)29)33(37-34(35)36)43-27-12-7-20(19)8-13-27/h3-15,17,19,23,29-33,38-39H,2,16,18H2,1H3,(H4,35,36,37)(H,40,41,42)/t19-,23-,29+,30-,31+,32+,33+/m1/s1. The van der Waals surface area contributed by atoms with Crippen LogP contribution in [0, 0.1) is 11.8 Å². The molecule has 0 fully saturated rings. The van der Waals surface area contributed by atoms with Gasteiger partial charge in [-0.1, -0.05) is 61.5 Å². The van der Waals surface area contributed by atoms with E-state index in [2.05, 4.69) is 11.1 Å². The van der Waals surface area contributed by atoms with Gasteiger partial charge in [-0.25, -0.2) is 4.99 Å². The second-order valence-electron chi connectivity index (χ2n) is 11.9. The maximum atomic E-state index is 13.3. The highest BCUT2D eigenvalue weighted by molar-refractivity contribution is 7.86. The highest BCUT2D eigenvalue weighted by atomic mass is 32.2. The molecule has 0 saturated carbocycles. The van der Waals surface area contributed by atoms with Crippen LogP contribution in [0.3, 0.4) is 0 Å². The molecule has 230 valence electrons. The Morgan fingerprint density at radius 1 is 1.05 bits per heavy atom. The lowest BCUT2D eigenvalue weighted by atomic mass is 9.64. The molecule has 44 heavy (non-hydrogen) atoms. The molecule has 0 spiro atoms. The second kappa shape index (κ2) is 11.8. The Balaban J connectivity index is 1.55. The van der Waals surface area contributed by atoms with E-state index in [1.807, 2.05) is 61.5 Å². The number of aliphatic hydroxyl groups is 1. The van der Waals surface area contributed by atoms with Crippen molar-refractivity contribution in [3.8, 4) is 11.5 Å². The molecule has 4 heterocycles. The first-order valence-corrected chi connectivity index (χ1v) is 16.3. The predicted octanol–water partition coefficient (Wildman–Crippen LogP) is 5.30. The van der Waals surface area contributed by atoms with Crippen LogP contribution in [0.4, 0.5) is 0 Å². The van der Waals surface area contributed by atoms with Gasteiger partial charge in [0.15, 0.2) is 5.96 Å². The minimum atomic E-state index is -4.53. The average Bonchev–Trinajstić information content (AvgIpc) is 3.00. The smallest absolute Gasteiger partial charge is 0.268 e. The van der Waals surface area contributed by atoms with Gasteiger partial charge in [0.05, 0.1) is 5.25 Å². The summed E-state index contributed by atoms with van der Waals surface area (Å²) in [6.45, 7) is 2.00. The van der Waals surface area contributed by atoms with E-state index in [4.69, 9.17) is 16.2 Å². The molecule has 0 aromatic heterocycles. The monoisotopic (exact) mass is 615 g/mol. The molecule has 0 saturated heterocycles. The molecule has 0 radical (unpaired) electrons. The molecular formula is C34H37N3O6S. The maximum absolute atomic E-state index is 13.3. The Morgan fingerprint density at radius 2 is 1.75 bits per heavy atom. The first-order valence-electron chi connectivity index (χ1n) is 14.8. The van der Waals surface area contributed by atoms with Crippen LogP contribution in [-0.2, 0) is 10.1 Å². The molecule has 7 atom stereocenters. The minimum Gasteiger partial charge on any atom is -0.508 e. The van der Waals surface area contributed by atoms with E-state index in [0.717, 1.165) is 22.3 Å². The van der Waals surface area contributed by atoms with E-state index in [9.17, 15) is 23.2 Å². The maximum Gasteiger partial charge on any atom is 0.268 e. The third kappa shape index (κ3) is 5.85. The van der Waals surface area contributed by atoms with Crippen LogP contribution in [-0.4, -0.2) is 34.4 Å². The van der Waals surface area contributed by atoms with E-state index in [0.29, 0.717) is 29.7 Å². The number of phenols is 1. The summed E-state index contributed by atoms with van der Waals surface area (Å²) in [6.07, 6.45) is 5.47. The average molecular weight is 616 g/mol. The van der Waals surface area contributed by atoms with Gasteiger partial charge in [-0.2, -0.15) is 8.42 Å². The van der Waals surface area contributed by atoms with Crippen LogP contribution in [0.15, 0.2) is 89.4 Å². The molecule has 6 bridgehead atoms. The fraction of sp³-hybridized carbons (Fsp3) is 0.324. The Bertz CT molecular complexity index is 1730. The Hall–Kier alpha value is -4.12. The number of phenolic OH excluding ortho intramolecular Hbond substituents is 1. The normalized spacial score (nSPS) is 26.6. The molecule has 6 aliphatic rings. The van der Waals surface area contributed by atoms with E-state index in [1.54, 1.807) is 12.1 Å². The largest absolute Gasteiger partial charge is 0.508 e. The Kier molecular flexibility index (Phi) is 8.00. The lowest BCUT2D eigenvalue weighted by molar-refractivity contribution is 0.195. The van der Waals surface area contributed by atoms with Gasteiger partial charge >= 0.3 is 0 Å². The predicted molar refractivity (Wildman–Crippen MR) is 170 cm³/mol. The summed E-state index contributed by atoms with van der Waals surface area (Å²) in [5.74, 6) is -0.691. The number of aliphatic imine (C=N–C) groups is 1. The Morgan fingerprint density at radius 3 is 2.41 bits per heavy atom. The number of hydrogen-bond donors (Lipinski definition) is 5. The number of ether oxygens (including phenoxy) is 1. The van der Waals surface area contributed by atoms with Gasteiger partial charge in [-0.05, 0) is 95.2 Å². The van der Waals surface area contributed by atoms with Crippen LogP contribution in [0.1, 0.15) is 78.2 Å². The molecule has 10 heteroatoms. The number of rotatable bonds is 5. The zero-order valence-corrected chi connectivity index (χ0v) is 25.1. The number of benzene rings is 3. The molecule has 9 nitrogen and oxygen atoms in total. The first-order chi connectivity index (χ1) is 21.0. The van der Waals surface area contributed by atoms with Crippen molar-refractivity contribution in [2.75, 3.05) is 0 Å². The molecule has 4 aliphatic heterocycles. The summed E-state index contributed by atoms with van der Waals surface area (Å²) in [6, 6.07) is 19.6.